The summed E-state index contributed by atoms with van der Waals surface area (Å²) >= 11 is 6.02. The molecule has 4 heteroatoms. The summed E-state index contributed by atoms with van der Waals surface area (Å²) < 4.78 is 5.63. The fourth-order valence-electron chi connectivity index (χ4n) is 1.65. The van der Waals surface area contributed by atoms with Crippen LogP contribution in [0.25, 0.3) is 0 Å². The lowest BCUT2D eigenvalue weighted by Gasteiger charge is -2.08. The Morgan fingerprint density at radius 1 is 1.16 bits per heavy atom. The molecule has 0 saturated heterocycles. The first-order valence-electron chi connectivity index (χ1n) is 5.85. The van der Waals surface area contributed by atoms with Crippen molar-refractivity contribution in [3.8, 4) is 11.5 Å². The average Bonchev–Trinajstić information content (AvgIpc) is 2.43. The SMILES string of the molecule is O=Cc1ccc(Oc2ccc(CCO)cc2)c(Cl)c1. The Morgan fingerprint density at radius 2 is 1.89 bits per heavy atom. The van der Waals surface area contributed by atoms with Crippen LogP contribution in [0.2, 0.25) is 5.02 Å². The standard InChI is InChI=1S/C15H13ClO3/c16-14-9-12(10-18)3-6-15(14)19-13-4-1-11(2-5-13)7-8-17/h1-6,9-10,17H,7-8H2. The van der Waals surface area contributed by atoms with Gasteiger partial charge in [0.25, 0.3) is 0 Å². The van der Waals surface area contributed by atoms with Crippen molar-refractivity contribution in [2.75, 3.05) is 6.61 Å². The highest BCUT2D eigenvalue weighted by molar-refractivity contribution is 6.32. The van der Waals surface area contributed by atoms with Gasteiger partial charge in [-0.2, -0.15) is 0 Å². The van der Waals surface area contributed by atoms with Gasteiger partial charge in [-0.1, -0.05) is 23.7 Å². The predicted octanol–water partition coefficient (Wildman–Crippen LogP) is 3.48. The number of aliphatic hydroxyl groups is 1. The monoisotopic (exact) mass is 276 g/mol. The van der Waals surface area contributed by atoms with Gasteiger partial charge in [0.05, 0.1) is 5.02 Å². The highest BCUT2D eigenvalue weighted by Gasteiger charge is 2.04. The highest BCUT2D eigenvalue weighted by atomic mass is 35.5. The van der Waals surface area contributed by atoms with Crippen molar-refractivity contribution < 1.29 is 14.6 Å². The minimum Gasteiger partial charge on any atom is -0.456 e. The molecule has 0 saturated carbocycles. The second-order valence-electron chi connectivity index (χ2n) is 4.03. The van der Waals surface area contributed by atoms with Crippen LogP contribution in [0.3, 0.4) is 0 Å². The van der Waals surface area contributed by atoms with Gasteiger partial charge in [0.15, 0.2) is 0 Å². The number of aldehydes is 1. The van der Waals surface area contributed by atoms with E-state index in [0.717, 1.165) is 11.8 Å². The van der Waals surface area contributed by atoms with Crippen LogP contribution >= 0.6 is 11.6 Å². The Hall–Kier alpha value is -1.84. The van der Waals surface area contributed by atoms with Crippen LogP contribution in [0.4, 0.5) is 0 Å². The van der Waals surface area contributed by atoms with Crippen molar-refractivity contribution in [2.45, 2.75) is 6.42 Å². The van der Waals surface area contributed by atoms with E-state index in [4.69, 9.17) is 21.4 Å². The van der Waals surface area contributed by atoms with Gasteiger partial charge in [0.2, 0.25) is 0 Å². The molecule has 0 fully saturated rings. The number of ether oxygens (including phenoxy) is 1. The molecule has 2 rings (SSSR count). The number of benzene rings is 2. The van der Waals surface area contributed by atoms with Gasteiger partial charge in [-0.15, -0.1) is 0 Å². The molecule has 0 amide bonds. The number of carbonyl (C=O) groups is 1. The Kier molecular flexibility index (Phi) is 4.55. The summed E-state index contributed by atoms with van der Waals surface area (Å²) in [6, 6.07) is 12.3. The van der Waals surface area contributed by atoms with Crippen molar-refractivity contribution in [3.63, 3.8) is 0 Å². The van der Waals surface area contributed by atoms with E-state index in [0.29, 0.717) is 28.5 Å². The smallest absolute Gasteiger partial charge is 0.150 e. The van der Waals surface area contributed by atoms with Crippen LogP contribution in [0.1, 0.15) is 15.9 Å². The molecule has 0 aliphatic heterocycles. The van der Waals surface area contributed by atoms with Crippen LogP contribution in [0.15, 0.2) is 42.5 Å². The molecule has 19 heavy (non-hydrogen) atoms. The van der Waals surface area contributed by atoms with Crippen molar-refractivity contribution in [3.05, 3.63) is 58.6 Å². The average molecular weight is 277 g/mol. The molecule has 3 nitrogen and oxygen atoms in total. The number of carbonyl (C=O) groups excluding carboxylic acids is 1. The maximum atomic E-state index is 10.6. The van der Waals surface area contributed by atoms with E-state index < -0.39 is 0 Å². The van der Waals surface area contributed by atoms with E-state index in [9.17, 15) is 4.79 Å². The van der Waals surface area contributed by atoms with Crippen LogP contribution in [-0.4, -0.2) is 18.0 Å². The highest BCUT2D eigenvalue weighted by Crippen LogP contribution is 2.29. The summed E-state index contributed by atoms with van der Waals surface area (Å²) in [6.07, 6.45) is 1.36. The lowest BCUT2D eigenvalue weighted by atomic mass is 10.1. The molecule has 0 atom stereocenters. The summed E-state index contributed by atoms with van der Waals surface area (Å²) in [4.78, 5) is 10.6. The Bertz CT molecular complexity index is 564. The summed E-state index contributed by atoms with van der Waals surface area (Å²) in [5, 5.41) is 9.23. The van der Waals surface area contributed by atoms with Crippen molar-refractivity contribution in [2.24, 2.45) is 0 Å². The van der Waals surface area contributed by atoms with E-state index in [1.54, 1.807) is 18.2 Å². The molecule has 1 N–H and O–H groups in total. The molecule has 0 heterocycles. The largest absolute Gasteiger partial charge is 0.456 e. The fraction of sp³-hybridized carbons (Fsp3) is 0.133. The van der Waals surface area contributed by atoms with E-state index in [1.165, 1.54) is 0 Å². The Morgan fingerprint density at radius 3 is 2.47 bits per heavy atom. The molecular formula is C15H13ClO3. The zero-order chi connectivity index (χ0) is 13.7. The van der Waals surface area contributed by atoms with Crippen molar-refractivity contribution in [1.29, 1.82) is 0 Å². The van der Waals surface area contributed by atoms with Gasteiger partial charge < -0.3 is 9.84 Å². The van der Waals surface area contributed by atoms with E-state index >= 15 is 0 Å². The zero-order valence-corrected chi connectivity index (χ0v) is 10.9. The second-order valence-corrected chi connectivity index (χ2v) is 4.43. The molecule has 0 aromatic heterocycles. The topological polar surface area (TPSA) is 46.5 Å². The number of halogens is 1. The van der Waals surface area contributed by atoms with Gasteiger partial charge in [-0.05, 0) is 42.3 Å². The third kappa shape index (κ3) is 3.56. The second kappa shape index (κ2) is 6.36. The summed E-state index contributed by atoms with van der Waals surface area (Å²) in [5.41, 5.74) is 1.55. The van der Waals surface area contributed by atoms with Gasteiger partial charge in [-0.3, -0.25) is 4.79 Å². The Labute approximate surface area is 116 Å². The molecule has 0 bridgehead atoms. The summed E-state index contributed by atoms with van der Waals surface area (Å²) in [7, 11) is 0. The molecule has 0 radical (unpaired) electrons. The van der Waals surface area contributed by atoms with Crippen molar-refractivity contribution in [1.82, 2.24) is 0 Å². The zero-order valence-electron chi connectivity index (χ0n) is 10.2. The molecule has 2 aromatic rings. The van der Waals surface area contributed by atoms with E-state index in [-0.39, 0.29) is 6.61 Å². The van der Waals surface area contributed by atoms with Crippen LogP contribution < -0.4 is 4.74 Å². The first-order chi connectivity index (χ1) is 9.22. The summed E-state index contributed by atoms with van der Waals surface area (Å²) in [5.74, 6) is 1.16. The lowest BCUT2D eigenvalue weighted by Crippen LogP contribution is -1.91. The quantitative estimate of drug-likeness (QED) is 0.851. The van der Waals surface area contributed by atoms with E-state index in [1.807, 2.05) is 24.3 Å². The third-order valence-electron chi connectivity index (χ3n) is 2.64. The number of hydrogen-bond acceptors (Lipinski definition) is 3. The maximum absolute atomic E-state index is 10.6. The van der Waals surface area contributed by atoms with Crippen molar-refractivity contribution >= 4 is 17.9 Å². The summed E-state index contributed by atoms with van der Waals surface area (Å²) in [6.45, 7) is 0.124. The Balaban J connectivity index is 2.14. The first-order valence-corrected chi connectivity index (χ1v) is 6.23. The minimum absolute atomic E-state index is 0.124. The first kappa shape index (κ1) is 13.6. The molecule has 0 aliphatic rings. The molecule has 2 aromatic carbocycles. The molecule has 0 unspecified atom stereocenters. The lowest BCUT2D eigenvalue weighted by molar-refractivity contribution is 0.112. The van der Waals surface area contributed by atoms with E-state index in [2.05, 4.69) is 0 Å². The van der Waals surface area contributed by atoms with Gasteiger partial charge in [-0.25, -0.2) is 0 Å². The van der Waals surface area contributed by atoms with Gasteiger partial charge >= 0.3 is 0 Å². The maximum Gasteiger partial charge on any atom is 0.150 e. The number of aliphatic hydroxyl groups excluding tert-OH is 1. The predicted molar refractivity (Wildman–Crippen MR) is 74.1 cm³/mol. The third-order valence-corrected chi connectivity index (χ3v) is 2.94. The molecular weight excluding hydrogens is 264 g/mol. The van der Waals surface area contributed by atoms with Crippen LogP contribution in [0, 0.1) is 0 Å². The number of hydrogen-bond donors (Lipinski definition) is 1. The molecule has 0 aliphatic carbocycles. The number of rotatable bonds is 5. The van der Waals surface area contributed by atoms with Crippen LogP contribution in [-0.2, 0) is 6.42 Å². The fourth-order valence-corrected chi connectivity index (χ4v) is 1.88. The van der Waals surface area contributed by atoms with Crippen LogP contribution in [0.5, 0.6) is 11.5 Å². The minimum atomic E-state index is 0.124. The molecule has 98 valence electrons. The van der Waals surface area contributed by atoms with Gasteiger partial charge in [0, 0.05) is 12.2 Å². The normalized spacial score (nSPS) is 10.2. The van der Waals surface area contributed by atoms with Gasteiger partial charge in [0.1, 0.15) is 17.8 Å². The molecule has 0 spiro atoms.